The van der Waals surface area contributed by atoms with Crippen LogP contribution >= 0.6 is 11.6 Å². The molecule has 2 aromatic carbocycles. The minimum absolute atomic E-state index is 0.0463. The molecule has 1 amide bonds. The highest BCUT2D eigenvalue weighted by atomic mass is 35.5. The number of anilines is 2. The number of methoxy groups -OCH3 is 2. The summed E-state index contributed by atoms with van der Waals surface area (Å²) < 4.78 is 10.7. The van der Waals surface area contributed by atoms with Crippen LogP contribution in [0.3, 0.4) is 0 Å². The lowest BCUT2D eigenvalue weighted by molar-refractivity contribution is -0.133. The summed E-state index contributed by atoms with van der Waals surface area (Å²) in [6, 6.07) is 11.4. The van der Waals surface area contributed by atoms with Gasteiger partial charge in [0.2, 0.25) is 11.9 Å². The molecule has 2 N–H and O–H groups in total. The molecule has 0 bridgehead atoms. The first kappa shape index (κ1) is 21.6. The van der Waals surface area contributed by atoms with Crippen molar-refractivity contribution in [1.29, 1.82) is 0 Å². The molecule has 1 saturated carbocycles. The Morgan fingerprint density at radius 1 is 1.06 bits per heavy atom. The first-order chi connectivity index (χ1) is 16.0. The number of nitrogens with two attached hydrogens (primary N) is 1. The van der Waals surface area contributed by atoms with Gasteiger partial charge < -0.3 is 25.0 Å². The van der Waals surface area contributed by atoms with E-state index in [1.165, 1.54) is 0 Å². The predicted octanol–water partition coefficient (Wildman–Crippen LogP) is 3.33. The van der Waals surface area contributed by atoms with Gasteiger partial charge in [-0.2, -0.15) is 4.98 Å². The van der Waals surface area contributed by atoms with Crippen molar-refractivity contribution in [1.82, 2.24) is 14.9 Å². The summed E-state index contributed by atoms with van der Waals surface area (Å²) in [6.07, 6.45) is 0.884. The Bertz CT molecular complexity index is 1210. The van der Waals surface area contributed by atoms with E-state index in [0.717, 1.165) is 12.0 Å². The number of aromatic nitrogens is 2. The van der Waals surface area contributed by atoms with Gasteiger partial charge in [0.1, 0.15) is 5.82 Å². The Morgan fingerprint density at radius 3 is 2.48 bits per heavy atom. The summed E-state index contributed by atoms with van der Waals surface area (Å²) in [5.41, 5.74) is 8.07. The number of hydrogen-bond acceptors (Lipinski definition) is 7. The van der Waals surface area contributed by atoms with Crippen LogP contribution in [-0.4, -0.2) is 61.2 Å². The van der Waals surface area contributed by atoms with Gasteiger partial charge in [-0.05, 0) is 36.1 Å². The molecule has 3 aromatic rings. The Balaban J connectivity index is 1.27. The zero-order valence-corrected chi connectivity index (χ0v) is 19.4. The van der Waals surface area contributed by atoms with Crippen molar-refractivity contribution in [3.8, 4) is 11.5 Å². The zero-order chi connectivity index (χ0) is 23.1. The van der Waals surface area contributed by atoms with E-state index in [0.29, 0.717) is 65.4 Å². The fourth-order valence-electron chi connectivity index (χ4n) is 4.54. The van der Waals surface area contributed by atoms with Gasteiger partial charge in [-0.15, -0.1) is 0 Å². The molecule has 2 aliphatic rings. The van der Waals surface area contributed by atoms with E-state index in [1.807, 2.05) is 29.2 Å². The van der Waals surface area contributed by atoms with Crippen LogP contribution in [0.4, 0.5) is 11.8 Å². The van der Waals surface area contributed by atoms with E-state index >= 15 is 0 Å². The van der Waals surface area contributed by atoms with Crippen LogP contribution < -0.4 is 20.1 Å². The topological polar surface area (TPSA) is 93.8 Å². The molecule has 5 rings (SSSR count). The Hall–Kier alpha value is -3.26. The first-order valence-corrected chi connectivity index (χ1v) is 11.3. The lowest BCUT2D eigenvalue weighted by Crippen LogP contribution is -2.49. The Kier molecular flexibility index (Phi) is 5.62. The SMILES string of the molecule is COc1cc2nc(N3CCN(C(=O)C4CC4c4cccc(Cl)c4)CC3)nc(N)c2cc1OC. The minimum atomic E-state index is 0.0463. The van der Waals surface area contributed by atoms with Crippen molar-refractivity contribution in [3.63, 3.8) is 0 Å². The monoisotopic (exact) mass is 467 g/mol. The van der Waals surface area contributed by atoms with Crippen molar-refractivity contribution in [3.05, 3.63) is 47.0 Å². The number of piperazine rings is 1. The van der Waals surface area contributed by atoms with Crippen molar-refractivity contribution >= 4 is 40.2 Å². The largest absolute Gasteiger partial charge is 0.493 e. The molecule has 2 heterocycles. The minimum Gasteiger partial charge on any atom is -0.493 e. The fourth-order valence-corrected chi connectivity index (χ4v) is 4.74. The fraction of sp³-hybridized carbons (Fsp3) is 0.375. The number of rotatable bonds is 5. The van der Waals surface area contributed by atoms with E-state index in [9.17, 15) is 4.79 Å². The van der Waals surface area contributed by atoms with Crippen LogP contribution in [0, 0.1) is 5.92 Å². The number of carbonyl (C=O) groups excluding carboxylic acids is 1. The molecule has 8 nitrogen and oxygen atoms in total. The Labute approximate surface area is 197 Å². The summed E-state index contributed by atoms with van der Waals surface area (Å²) in [4.78, 5) is 26.3. The number of hydrogen-bond donors (Lipinski definition) is 1. The van der Waals surface area contributed by atoms with E-state index in [-0.39, 0.29) is 17.7 Å². The van der Waals surface area contributed by atoms with Crippen molar-refractivity contribution in [2.75, 3.05) is 51.0 Å². The number of halogens is 1. The van der Waals surface area contributed by atoms with E-state index in [1.54, 1.807) is 26.4 Å². The molecule has 1 saturated heterocycles. The molecule has 2 atom stereocenters. The molecule has 1 aliphatic carbocycles. The van der Waals surface area contributed by atoms with Crippen molar-refractivity contribution in [2.24, 2.45) is 5.92 Å². The molecule has 1 aliphatic heterocycles. The molecule has 9 heteroatoms. The molecule has 0 radical (unpaired) electrons. The maximum atomic E-state index is 13.0. The summed E-state index contributed by atoms with van der Waals surface area (Å²) in [6.45, 7) is 2.56. The van der Waals surface area contributed by atoms with Crippen LogP contribution in [-0.2, 0) is 4.79 Å². The number of amides is 1. The number of nitrogen functional groups attached to an aromatic ring is 1. The molecular weight excluding hydrogens is 442 g/mol. The maximum absolute atomic E-state index is 13.0. The molecular formula is C24H26ClN5O3. The number of ether oxygens (including phenoxy) is 2. The van der Waals surface area contributed by atoms with E-state index in [4.69, 9.17) is 31.8 Å². The molecule has 0 spiro atoms. The quantitative estimate of drug-likeness (QED) is 0.615. The van der Waals surface area contributed by atoms with E-state index in [2.05, 4.69) is 9.88 Å². The second-order valence-corrected chi connectivity index (χ2v) is 8.89. The normalized spacial score (nSPS) is 20.1. The van der Waals surface area contributed by atoms with E-state index < -0.39 is 0 Å². The second-order valence-electron chi connectivity index (χ2n) is 8.45. The van der Waals surface area contributed by atoms with Crippen molar-refractivity contribution in [2.45, 2.75) is 12.3 Å². The third-order valence-corrected chi connectivity index (χ3v) is 6.71. The van der Waals surface area contributed by atoms with Crippen molar-refractivity contribution < 1.29 is 14.3 Å². The van der Waals surface area contributed by atoms with Crippen LogP contribution in [0.15, 0.2) is 36.4 Å². The third-order valence-electron chi connectivity index (χ3n) is 6.48. The highest BCUT2D eigenvalue weighted by molar-refractivity contribution is 6.30. The number of benzene rings is 2. The molecule has 2 unspecified atom stereocenters. The summed E-state index contributed by atoms with van der Waals surface area (Å²) in [5, 5.41) is 1.43. The molecule has 2 fully saturated rings. The summed E-state index contributed by atoms with van der Waals surface area (Å²) in [5.74, 6) is 2.64. The molecule has 33 heavy (non-hydrogen) atoms. The predicted molar refractivity (Wildman–Crippen MR) is 128 cm³/mol. The number of nitrogens with zero attached hydrogens (tertiary/aromatic N) is 4. The Morgan fingerprint density at radius 2 is 1.79 bits per heavy atom. The second kappa shape index (κ2) is 8.59. The lowest BCUT2D eigenvalue weighted by atomic mass is 10.1. The van der Waals surface area contributed by atoms with Gasteiger partial charge in [0.25, 0.3) is 0 Å². The van der Waals surface area contributed by atoms with Gasteiger partial charge in [-0.1, -0.05) is 23.7 Å². The standard InChI is InChI=1S/C24H26ClN5O3/c1-32-20-12-18-19(13-21(20)33-2)27-24(28-22(18)26)30-8-6-29(7-9-30)23(31)17-11-16(17)14-4-3-5-15(25)10-14/h3-5,10,12-13,16-17H,6-9,11H2,1-2H3,(H2,26,27,28). The van der Waals surface area contributed by atoms with Gasteiger partial charge in [0.05, 0.1) is 19.7 Å². The van der Waals surface area contributed by atoms with Crippen LogP contribution in [0.1, 0.15) is 17.9 Å². The highest BCUT2D eigenvalue weighted by Crippen LogP contribution is 2.49. The molecule has 1 aromatic heterocycles. The van der Waals surface area contributed by atoms with Gasteiger partial charge in [-0.25, -0.2) is 4.98 Å². The summed E-state index contributed by atoms with van der Waals surface area (Å²) in [7, 11) is 3.16. The maximum Gasteiger partial charge on any atom is 0.228 e. The average Bonchev–Trinajstić information content (AvgIpc) is 3.64. The van der Waals surface area contributed by atoms with Gasteiger partial charge in [-0.3, -0.25) is 4.79 Å². The van der Waals surface area contributed by atoms with Gasteiger partial charge >= 0.3 is 0 Å². The number of carbonyl (C=O) groups is 1. The smallest absolute Gasteiger partial charge is 0.228 e. The third kappa shape index (κ3) is 4.11. The summed E-state index contributed by atoms with van der Waals surface area (Å²) >= 11 is 6.11. The highest BCUT2D eigenvalue weighted by Gasteiger charge is 2.46. The van der Waals surface area contributed by atoms with Crippen LogP contribution in [0.2, 0.25) is 5.02 Å². The van der Waals surface area contributed by atoms with Gasteiger partial charge in [0, 0.05) is 48.6 Å². The van der Waals surface area contributed by atoms with Crippen LogP contribution in [0.5, 0.6) is 11.5 Å². The average molecular weight is 468 g/mol. The van der Waals surface area contributed by atoms with Crippen LogP contribution in [0.25, 0.3) is 10.9 Å². The zero-order valence-electron chi connectivity index (χ0n) is 18.6. The molecule has 172 valence electrons. The lowest BCUT2D eigenvalue weighted by Gasteiger charge is -2.35. The van der Waals surface area contributed by atoms with Gasteiger partial charge in [0.15, 0.2) is 11.5 Å². The first-order valence-electron chi connectivity index (χ1n) is 11.0. The number of fused-ring (bicyclic) bond motifs is 1.